The molecule has 3 heteroatoms. The number of aromatic amines is 1. The fraction of sp³-hybridized carbons (Fsp3) is 0.261. The van der Waals surface area contributed by atoms with Gasteiger partial charge < -0.3 is 10.1 Å². The summed E-state index contributed by atoms with van der Waals surface area (Å²) in [6.07, 6.45) is 4.06. The minimum absolute atomic E-state index is 0.00747. The van der Waals surface area contributed by atoms with Crippen LogP contribution < -0.4 is 0 Å². The molecule has 4 rings (SSSR count). The van der Waals surface area contributed by atoms with Crippen LogP contribution in [0.2, 0.25) is 0 Å². The van der Waals surface area contributed by atoms with Gasteiger partial charge in [0.25, 0.3) is 0 Å². The zero-order valence-corrected chi connectivity index (χ0v) is 16.0. The van der Waals surface area contributed by atoms with Crippen LogP contribution in [0.3, 0.4) is 0 Å². The molecule has 0 unspecified atom stereocenters. The fourth-order valence-electron chi connectivity index (χ4n) is 4.42. The average Bonchev–Trinajstić information content (AvgIpc) is 2.97. The van der Waals surface area contributed by atoms with Crippen LogP contribution in [0.4, 0.5) is 0 Å². The van der Waals surface area contributed by atoms with E-state index in [2.05, 4.69) is 55.2 Å². The molecule has 1 heterocycles. The van der Waals surface area contributed by atoms with Gasteiger partial charge in [-0.1, -0.05) is 56.4 Å². The minimum atomic E-state index is 0.00747. The van der Waals surface area contributed by atoms with E-state index in [-0.39, 0.29) is 12.0 Å². The molecule has 0 spiro atoms. The summed E-state index contributed by atoms with van der Waals surface area (Å²) in [7, 11) is 0. The number of nitrogens with one attached hydrogen (secondary N) is 1. The maximum absolute atomic E-state index is 9.60. The van der Waals surface area contributed by atoms with E-state index in [1.165, 1.54) is 27.8 Å². The van der Waals surface area contributed by atoms with Crippen LogP contribution >= 0.6 is 12.2 Å². The molecule has 0 bridgehead atoms. The fourth-order valence-corrected chi connectivity index (χ4v) is 4.55. The lowest BCUT2D eigenvalue weighted by Gasteiger charge is -2.30. The van der Waals surface area contributed by atoms with Gasteiger partial charge in [0.1, 0.15) is 4.64 Å². The van der Waals surface area contributed by atoms with Crippen LogP contribution in [0, 0.1) is 4.64 Å². The lowest BCUT2D eigenvalue weighted by molar-refractivity contribution is 0.281. The normalized spacial score (nSPS) is 14.1. The van der Waals surface area contributed by atoms with E-state index >= 15 is 0 Å². The maximum atomic E-state index is 9.60. The number of H-pyrrole nitrogens is 1. The van der Waals surface area contributed by atoms with Crippen molar-refractivity contribution in [2.24, 2.45) is 0 Å². The van der Waals surface area contributed by atoms with Crippen molar-refractivity contribution in [3.05, 3.63) is 76.1 Å². The highest BCUT2D eigenvalue weighted by Crippen LogP contribution is 2.53. The van der Waals surface area contributed by atoms with Gasteiger partial charge in [-0.05, 0) is 70.0 Å². The van der Waals surface area contributed by atoms with Crippen LogP contribution in [0.5, 0.6) is 0 Å². The molecule has 0 atom stereocenters. The third kappa shape index (κ3) is 2.46. The van der Waals surface area contributed by atoms with Crippen LogP contribution in [-0.4, -0.2) is 10.1 Å². The molecule has 0 amide bonds. The quantitative estimate of drug-likeness (QED) is 0.560. The summed E-state index contributed by atoms with van der Waals surface area (Å²) < 4.78 is 0.746. The molecule has 2 nitrogen and oxygen atoms in total. The van der Waals surface area contributed by atoms with Gasteiger partial charge in [-0.15, -0.1) is 0 Å². The van der Waals surface area contributed by atoms with Gasteiger partial charge in [-0.25, -0.2) is 0 Å². The Morgan fingerprint density at radius 1 is 0.885 bits per heavy atom. The summed E-state index contributed by atoms with van der Waals surface area (Å²) >= 11 is 5.17. The van der Waals surface area contributed by atoms with Crippen LogP contribution in [-0.2, 0) is 12.0 Å². The SMILES string of the molecule is CCC1(CC)c2cc(CO)ccc2-c2ccc(-c3ccc(=S)[nH]c3)cc21. The van der Waals surface area contributed by atoms with Crippen LogP contribution in [0.1, 0.15) is 43.4 Å². The highest BCUT2D eigenvalue weighted by Gasteiger charge is 2.40. The number of aliphatic hydroxyl groups excluding tert-OH is 1. The van der Waals surface area contributed by atoms with Crippen LogP contribution in [0.15, 0.2) is 54.7 Å². The number of hydrogen-bond acceptors (Lipinski definition) is 2. The third-order valence-electron chi connectivity index (χ3n) is 5.93. The molecule has 0 aliphatic heterocycles. The first-order valence-corrected chi connectivity index (χ1v) is 9.62. The molecule has 0 radical (unpaired) electrons. The Morgan fingerprint density at radius 3 is 2.15 bits per heavy atom. The van der Waals surface area contributed by atoms with Crippen molar-refractivity contribution in [3.8, 4) is 22.3 Å². The van der Waals surface area contributed by atoms with Gasteiger partial charge in [-0.3, -0.25) is 0 Å². The van der Waals surface area contributed by atoms with Crippen molar-refractivity contribution in [1.82, 2.24) is 4.98 Å². The molecule has 1 aliphatic carbocycles. The van der Waals surface area contributed by atoms with Crippen molar-refractivity contribution in [2.75, 3.05) is 0 Å². The van der Waals surface area contributed by atoms with Gasteiger partial charge in [0.2, 0.25) is 0 Å². The van der Waals surface area contributed by atoms with E-state index in [1.807, 2.05) is 18.3 Å². The second-order valence-electron chi connectivity index (χ2n) is 7.03. The van der Waals surface area contributed by atoms with Crippen molar-refractivity contribution >= 4 is 12.2 Å². The standard InChI is InChI=1S/C23H23NOS/c1-3-23(4-2)20-11-15(14-25)5-8-18(20)19-9-6-16(12-21(19)23)17-7-10-22(26)24-13-17/h5-13,25H,3-4,14H2,1-2H3,(H,24,26). The topological polar surface area (TPSA) is 36.0 Å². The van der Waals surface area contributed by atoms with E-state index in [1.54, 1.807) is 0 Å². The number of pyridine rings is 1. The van der Waals surface area contributed by atoms with E-state index in [9.17, 15) is 5.11 Å². The summed E-state index contributed by atoms with van der Waals surface area (Å²) in [6, 6.07) is 17.2. The molecule has 2 aromatic carbocycles. The second kappa shape index (κ2) is 6.49. The van der Waals surface area contributed by atoms with E-state index in [0.29, 0.717) is 0 Å². The zero-order valence-electron chi connectivity index (χ0n) is 15.2. The van der Waals surface area contributed by atoms with Gasteiger partial charge >= 0.3 is 0 Å². The zero-order chi connectivity index (χ0) is 18.3. The minimum Gasteiger partial charge on any atom is -0.392 e. The number of aliphatic hydroxyl groups is 1. The lowest BCUT2D eigenvalue weighted by Crippen LogP contribution is -2.23. The summed E-state index contributed by atoms with van der Waals surface area (Å²) in [5.41, 5.74) is 8.72. The number of aromatic nitrogens is 1. The van der Waals surface area contributed by atoms with E-state index < -0.39 is 0 Å². The van der Waals surface area contributed by atoms with Crippen LogP contribution in [0.25, 0.3) is 22.3 Å². The first-order valence-electron chi connectivity index (χ1n) is 9.21. The largest absolute Gasteiger partial charge is 0.392 e. The molecule has 26 heavy (non-hydrogen) atoms. The van der Waals surface area contributed by atoms with Gasteiger partial charge in [0.15, 0.2) is 0 Å². The van der Waals surface area contributed by atoms with Gasteiger partial charge in [0.05, 0.1) is 6.61 Å². The molecule has 0 saturated heterocycles. The monoisotopic (exact) mass is 361 g/mol. The Kier molecular flexibility index (Phi) is 4.29. The first-order chi connectivity index (χ1) is 12.6. The maximum Gasteiger partial charge on any atom is 0.103 e. The van der Waals surface area contributed by atoms with Gasteiger partial charge in [-0.2, -0.15) is 0 Å². The molecular formula is C23H23NOS. The molecule has 0 fully saturated rings. The predicted molar refractivity (Wildman–Crippen MR) is 110 cm³/mol. The summed E-state index contributed by atoms with van der Waals surface area (Å²) in [6.45, 7) is 4.61. The summed E-state index contributed by atoms with van der Waals surface area (Å²) in [4.78, 5) is 3.13. The average molecular weight is 362 g/mol. The third-order valence-corrected chi connectivity index (χ3v) is 6.19. The smallest absolute Gasteiger partial charge is 0.103 e. The Labute approximate surface area is 159 Å². The molecule has 1 aliphatic rings. The Balaban J connectivity index is 1.94. The van der Waals surface area contributed by atoms with Crippen molar-refractivity contribution in [3.63, 3.8) is 0 Å². The Bertz CT molecular complexity index is 1010. The molecule has 132 valence electrons. The van der Waals surface area contributed by atoms with Crippen molar-refractivity contribution < 1.29 is 5.11 Å². The predicted octanol–water partition coefficient (Wildman–Crippen LogP) is 5.99. The second-order valence-corrected chi connectivity index (χ2v) is 7.47. The number of benzene rings is 2. The highest BCUT2D eigenvalue weighted by molar-refractivity contribution is 7.71. The molecule has 3 aromatic rings. The summed E-state index contributed by atoms with van der Waals surface area (Å²) in [5.74, 6) is 0. The Hall–Kier alpha value is -2.23. The van der Waals surface area contributed by atoms with E-state index in [4.69, 9.17) is 12.2 Å². The first kappa shape index (κ1) is 17.2. The Morgan fingerprint density at radius 2 is 1.54 bits per heavy atom. The van der Waals surface area contributed by atoms with Crippen molar-refractivity contribution in [1.29, 1.82) is 0 Å². The van der Waals surface area contributed by atoms with Gasteiger partial charge in [0, 0.05) is 11.6 Å². The molecule has 1 aromatic heterocycles. The van der Waals surface area contributed by atoms with Crippen molar-refractivity contribution in [2.45, 2.75) is 38.7 Å². The summed E-state index contributed by atoms with van der Waals surface area (Å²) in [5, 5.41) is 9.60. The molecule has 0 saturated carbocycles. The lowest BCUT2D eigenvalue weighted by atomic mass is 9.73. The molecular weight excluding hydrogens is 338 g/mol. The number of rotatable bonds is 4. The number of fused-ring (bicyclic) bond motifs is 3. The van der Waals surface area contributed by atoms with E-state index in [0.717, 1.165) is 28.6 Å². The highest BCUT2D eigenvalue weighted by atomic mass is 32.1. The number of hydrogen-bond donors (Lipinski definition) is 2. The molecule has 2 N–H and O–H groups in total.